The summed E-state index contributed by atoms with van der Waals surface area (Å²) in [7, 11) is 0. The quantitative estimate of drug-likeness (QED) is 0.0635. The molecule has 4 aromatic rings. The fourth-order valence-electron chi connectivity index (χ4n) is 7.81. The van der Waals surface area contributed by atoms with Gasteiger partial charge >= 0.3 is 12.4 Å². The van der Waals surface area contributed by atoms with Crippen molar-refractivity contribution in [3.8, 4) is 0 Å². The third kappa shape index (κ3) is 19.9. The van der Waals surface area contributed by atoms with Gasteiger partial charge in [-0.05, 0) is 151 Å². The highest BCUT2D eigenvalue weighted by Crippen LogP contribution is 2.38. The van der Waals surface area contributed by atoms with Crippen LogP contribution in [0, 0.1) is 40.7 Å². The number of nitrogens with one attached hydrogen (secondary N) is 4. The van der Waals surface area contributed by atoms with Crippen molar-refractivity contribution >= 4 is 0 Å². The van der Waals surface area contributed by atoms with Crippen molar-refractivity contribution < 1.29 is 76.0 Å². The van der Waals surface area contributed by atoms with Crippen LogP contribution in [0.1, 0.15) is 84.7 Å². The Balaban J connectivity index is 0.000000178. The van der Waals surface area contributed by atoms with E-state index in [2.05, 4.69) is 21.3 Å². The van der Waals surface area contributed by atoms with Gasteiger partial charge in [0.2, 0.25) is 0 Å². The van der Waals surface area contributed by atoms with Crippen LogP contribution in [0.3, 0.4) is 0 Å². The summed E-state index contributed by atoms with van der Waals surface area (Å²) in [4.78, 5) is 0. The standard InChI is InChI=1S/C14H15F6NO.2C12H14F3NO.C12H16FNO/c15-13(16,17)10-2-1-9(12(7-10)14(18,19)20)8-22-11-3-5-21-6-4-11;13-10-6-12(15)11(14)5-8(10)7-17-9-1-3-16-4-2-9;13-10-5-8(6-11(14)12(10)15)7-17-9-1-3-16-4-2-9;13-12-4-2-1-3-10(12)9-15-11-5-7-14-8-6-11/h1-2,7,11,21H,3-6,8H2;2*5-6,9,16H,1-4,7H2;1-4,11,14H,5-9H2. The van der Waals surface area contributed by atoms with Crippen LogP contribution in [0.5, 0.6) is 0 Å². The maximum Gasteiger partial charge on any atom is 0.416 e. The molecule has 0 aliphatic carbocycles. The fraction of sp³-hybridized carbons (Fsp3) is 0.520. The van der Waals surface area contributed by atoms with Crippen molar-refractivity contribution in [3.63, 3.8) is 0 Å². The molecule has 4 aromatic carbocycles. The second-order valence-electron chi connectivity index (χ2n) is 17.2. The zero-order valence-corrected chi connectivity index (χ0v) is 38.8. The molecule has 4 fully saturated rings. The number of ether oxygens (including phenoxy) is 4. The average Bonchev–Trinajstić information content (AvgIpc) is 3.36. The molecule has 71 heavy (non-hydrogen) atoms. The van der Waals surface area contributed by atoms with Gasteiger partial charge in [-0.2, -0.15) is 26.3 Å². The molecule has 0 saturated carbocycles. The Morgan fingerprint density at radius 2 is 0.789 bits per heavy atom. The minimum atomic E-state index is -4.85. The third-order valence-corrected chi connectivity index (χ3v) is 11.9. The van der Waals surface area contributed by atoms with E-state index in [1.807, 2.05) is 6.07 Å². The first kappa shape index (κ1) is 57.5. The Labute approximate surface area is 404 Å². The molecule has 8 rings (SSSR count). The minimum absolute atomic E-state index is 0.0201. The van der Waals surface area contributed by atoms with Gasteiger partial charge in [-0.3, -0.25) is 0 Å². The van der Waals surface area contributed by atoms with Crippen LogP contribution in [0.25, 0.3) is 0 Å². The lowest BCUT2D eigenvalue weighted by Gasteiger charge is -2.24. The summed E-state index contributed by atoms with van der Waals surface area (Å²) in [5.74, 6) is -6.94. The summed E-state index contributed by atoms with van der Waals surface area (Å²) < 4.78 is 189. The minimum Gasteiger partial charge on any atom is -0.373 e. The Morgan fingerprint density at radius 1 is 0.380 bits per heavy atom. The molecule has 0 bridgehead atoms. The van der Waals surface area contributed by atoms with Crippen LogP contribution in [-0.4, -0.2) is 76.8 Å². The number of alkyl halides is 6. The molecular weight excluding hydrogens is 968 g/mol. The monoisotopic (exact) mass is 1030 g/mol. The van der Waals surface area contributed by atoms with Crippen molar-refractivity contribution in [2.24, 2.45) is 0 Å². The molecule has 4 N–H and O–H groups in total. The first-order valence-electron chi connectivity index (χ1n) is 23.4. The van der Waals surface area contributed by atoms with E-state index in [0.717, 1.165) is 102 Å². The van der Waals surface area contributed by atoms with E-state index >= 15 is 0 Å². The normalized spacial score (nSPS) is 17.6. The van der Waals surface area contributed by atoms with E-state index in [1.165, 1.54) is 6.07 Å². The van der Waals surface area contributed by atoms with E-state index in [0.29, 0.717) is 55.8 Å². The van der Waals surface area contributed by atoms with Gasteiger partial charge in [0.1, 0.15) is 11.6 Å². The maximum atomic E-state index is 13.3. The summed E-state index contributed by atoms with van der Waals surface area (Å²) in [5, 5.41) is 12.7. The number of hydrogen-bond donors (Lipinski definition) is 4. The van der Waals surface area contributed by atoms with Gasteiger partial charge in [-0.25, -0.2) is 30.7 Å². The molecule has 394 valence electrons. The number of hydrogen-bond acceptors (Lipinski definition) is 8. The summed E-state index contributed by atoms with van der Waals surface area (Å²) in [6.07, 6.45) is -2.55. The largest absolute Gasteiger partial charge is 0.416 e. The number of piperidine rings is 4. The van der Waals surface area contributed by atoms with Crippen LogP contribution in [0.4, 0.5) is 57.1 Å². The van der Waals surface area contributed by atoms with Crippen LogP contribution >= 0.6 is 0 Å². The molecule has 4 saturated heterocycles. The first-order chi connectivity index (χ1) is 33.9. The van der Waals surface area contributed by atoms with Crippen molar-refractivity contribution in [2.45, 2.75) is 115 Å². The molecule has 4 aliphatic rings. The predicted molar refractivity (Wildman–Crippen MR) is 238 cm³/mol. The topological polar surface area (TPSA) is 85.0 Å². The third-order valence-electron chi connectivity index (χ3n) is 11.9. The van der Waals surface area contributed by atoms with Crippen molar-refractivity contribution in [1.29, 1.82) is 0 Å². The highest BCUT2D eigenvalue weighted by Gasteiger charge is 2.38. The highest BCUT2D eigenvalue weighted by atomic mass is 19.4. The van der Waals surface area contributed by atoms with Gasteiger partial charge in [-0.1, -0.05) is 24.3 Å². The van der Waals surface area contributed by atoms with Gasteiger partial charge in [0.05, 0.1) is 62.0 Å². The molecular formula is C50H59F13N4O4. The summed E-state index contributed by atoms with van der Waals surface area (Å²) >= 11 is 0. The molecule has 0 atom stereocenters. The van der Waals surface area contributed by atoms with Gasteiger partial charge in [0.15, 0.2) is 29.1 Å². The lowest BCUT2D eigenvalue weighted by atomic mass is 10.0. The van der Waals surface area contributed by atoms with E-state index in [-0.39, 0.29) is 67.2 Å². The zero-order chi connectivity index (χ0) is 51.4. The van der Waals surface area contributed by atoms with E-state index in [4.69, 9.17) is 18.9 Å². The average molecular weight is 1030 g/mol. The molecule has 0 spiro atoms. The number of rotatable bonds is 12. The lowest BCUT2D eigenvalue weighted by molar-refractivity contribution is -0.144. The Hall–Kier alpha value is -4.35. The molecule has 8 nitrogen and oxygen atoms in total. The molecule has 0 amide bonds. The van der Waals surface area contributed by atoms with Crippen molar-refractivity contribution in [3.05, 3.63) is 141 Å². The lowest BCUT2D eigenvalue weighted by Crippen LogP contribution is -2.32. The molecule has 0 unspecified atom stereocenters. The van der Waals surface area contributed by atoms with Gasteiger partial charge in [-0.15, -0.1) is 0 Å². The fourth-order valence-corrected chi connectivity index (χ4v) is 7.81. The maximum absolute atomic E-state index is 13.3. The van der Waals surface area contributed by atoms with Crippen molar-refractivity contribution in [1.82, 2.24) is 21.3 Å². The Kier molecular flexibility index (Phi) is 23.3. The van der Waals surface area contributed by atoms with E-state index < -0.39 is 58.4 Å². The second-order valence-corrected chi connectivity index (χ2v) is 17.2. The molecule has 4 aliphatic heterocycles. The molecule has 4 heterocycles. The second kappa shape index (κ2) is 28.8. The smallest absolute Gasteiger partial charge is 0.373 e. The van der Waals surface area contributed by atoms with E-state index in [9.17, 15) is 57.1 Å². The van der Waals surface area contributed by atoms with Crippen molar-refractivity contribution in [2.75, 3.05) is 52.4 Å². The number of benzene rings is 4. The van der Waals surface area contributed by atoms with Gasteiger partial charge in [0.25, 0.3) is 0 Å². The zero-order valence-electron chi connectivity index (χ0n) is 38.8. The van der Waals surface area contributed by atoms with Crippen LogP contribution < -0.4 is 21.3 Å². The van der Waals surface area contributed by atoms with Crippen LogP contribution in [0.15, 0.2) is 66.7 Å². The Morgan fingerprint density at radius 3 is 1.23 bits per heavy atom. The predicted octanol–water partition coefficient (Wildman–Crippen LogP) is 10.8. The number of halogens is 13. The first-order valence-corrected chi connectivity index (χ1v) is 23.4. The molecule has 0 radical (unpaired) electrons. The van der Waals surface area contributed by atoms with Gasteiger partial charge < -0.3 is 40.2 Å². The van der Waals surface area contributed by atoms with Gasteiger partial charge in [0, 0.05) is 17.2 Å². The summed E-state index contributed by atoms with van der Waals surface area (Å²) in [6, 6.07) is 11.8. The summed E-state index contributed by atoms with van der Waals surface area (Å²) in [6.45, 7) is 7.06. The van der Waals surface area contributed by atoms with Crippen LogP contribution in [-0.2, 0) is 57.7 Å². The Bertz CT molecular complexity index is 2190. The summed E-state index contributed by atoms with van der Waals surface area (Å²) in [5.41, 5.74) is -1.86. The molecule has 0 aromatic heterocycles. The molecule has 21 heteroatoms. The highest BCUT2D eigenvalue weighted by molar-refractivity contribution is 5.35. The van der Waals surface area contributed by atoms with E-state index in [1.54, 1.807) is 12.1 Å². The SMILES string of the molecule is FC(F)(F)c1ccc(COC2CCNCC2)c(C(F)(F)F)c1.Fc1cc(COC2CCNCC2)cc(F)c1F.Fc1cc(F)c(COC2CCNCC2)cc1F.Fc1ccccc1COC1CCNCC1. The van der Waals surface area contributed by atoms with Crippen LogP contribution in [0.2, 0.25) is 0 Å².